The first kappa shape index (κ1) is 23.4. The Labute approximate surface area is 204 Å². The average Bonchev–Trinajstić information content (AvgIpc) is 2.64. The number of benzene rings is 2. The molecule has 0 saturated carbocycles. The van der Waals surface area contributed by atoms with E-state index >= 15 is 0 Å². The third-order valence-corrected chi connectivity index (χ3v) is 4.97. The Morgan fingerprint density at radius 2 is 1.61 bits per heavy atom. The van der Waals surface area contributed by atoms with Crippen molar-refractivity contribution in [1.82, 2.24) is 4.90 Å². The van der Waals surface area contributed by atoms with Crippen LogP contribution in [0.25, 0.3) is 0 Å². The largest absolute Gasteiger partial charge is 1.00 e. The van der Waals surface area contributed by atoms with E-state index in [1.807, 2.05) is 11.0 Å². The molecule has 1 N–H and O–H groups in total. The van der Waals surface area contributed by atoms with Crippen LogP contribution in [0.4, 0.5) is 18.9 Å². The minimum Gasteiger partial charge on any atom is -0.548 e. The van der Waals surface area contributed by atoms with Gasteiger partial charge in [-0.25, -0.2) is 0 Å². The van der Waals surface area contributed by atoms with Crippen LogP contribution < -0.4 is 61.8 Å². The van der Waals surface area contributed by atoms with Crippen molar-refractivity contribution in [2.45, 2.75) is 31.1 Å². The van der Waals surface area contributed by atoms with Crippen molar-refractivity contribution in [3.63, 3.8) is 0 Å². The van der Waals surface area contributed by atoms with Crippen LogP contribution in [0.15, 0.2) is 54.6 Å². The van der Waals surface area contributed by atoms with E-state index in [1.54, 1.807) is 30.3 Å². The number of carboxylic acids is 1. The molecule has 1 saturated heterocycles. The molecule has 2 aromatic rings. The number of hydrogen-bond donors (Lipinski definition) is 1. The second-order valence-corrected chi connectivity index (χ2v) is 6.79. The zero-order valence-corrected chi connectivity index (χ0v) is 18.8. The fourth-order valence-corrected chi connectivity index (χ4v) is 3.45. The molecule has 0 atom stereocenters. The molecule has 0 bridgehead atoms. The minimum absolute atomic E-state index is 0. The number of nitrogens with zero attached hydrogens (tertiary/aromatic N) is 1. The van der Waals surface area contributed by atoms with Gasteiger partial charge >= 0.3 is 57.6 Å². The van der Waals surface area contributed by atoms with E-state index in [2.05, 4.69) is 5.32 Å². The number of halogens is 3. The first-order valence-corrected chi connectivity index (χ1v) is 8.72. The van der Waals surface area contributed by atoms with Gasteiger partial charge in [0.2, 0.25) is 0 Å². The van der Waals surface area contributed by atoms with Gasteiger partial charge in [0.05, 0.1) is 17.1 Å². The van der Waals surface area contributed by atoms with Crippen molar-refractivity contribution >= 4 is 11.7 Å². The predicted octanol–water partition coefficient (Wildman–Crippen LogP) is -0.0940. The van der Waals surface area contributed by atoms with Gasteiger partial charge in [-0.1, -0.05) is 36.4 Å². The summed E-state index contributed by atoms with van der Waals surface area (Å²) in [7, 11) is 0. The summed E-state index contributed by atoms with van der Waals surface area (Å²) < 4.78 is 39.5. The zero-order chi connectivity index (χ0) is 19.5. The smallest absolute Gasteiger partial charge is 0.548 e. The quantitative estimate of drug-likeness (QED) is 0.693. The maximum absolute atomic E-state index is 13.2. The number of aliphatic carboxylic acids is 1. The Kier molecular flexibility index (Phi) is 8.12. The van der Waals surface area contributed by atoms with Crippen LogP contribution in [-0.2, 0) is 17.5 Å². The molecule has 0 radical (unpaired) electrons. The maximum Gasteiger partial charge on any atom is 1.00 e. The predicted molar refractivity (Wildman–Crippen MR) is 93.8 cm³/mol. The third-order valence-electron chi connectivity index (χ3n) is 4.97. The number of rotatable bonds is 5. The summed E-state index contributed by atoms with van der Waals surface area (Å²) in [4.78, 5) is 13.6. The molecule has 1 heterocycles. The van der Waals surface area contributed by atoms with Crippen LogP contribution in [0.1, 0.15) is 24.0 Å². The minimum atomic E-state index is -4.41. The van der Waals surface area contributed by atoms with Crippen molar-refractivity contribution in [3.8, 4) is 0 Å². The second-order valence-electron chi connectivity index (χ2n) is 6.79. The number of alkyl halides is 3. The molecule has 4 nitrogen and oxygen atoms in total. The fourth-order valence-electron chi connectivity index (χ4n) is 3.45. The number of carbonyl (C=O) groups is 1. The number of piperidine rings is 1. The van der Waals surface area contributed by atoms with Crippen molar-refractivity contribution in [2.24, 2.45) is 0 Å². The standard InChI is InChI=1S/C20H21F3N2O2.K/c21-20(22,23)17-9-5-4-6-15(17)14-25-12-10-19(11-13-25,18(26)27)24-16-7-2-1-3-8-16;/h1-9,24H,10-14H2,(H,26,27);/q;+1/p-1. The molecule has 1 fully saturated rings. The van der Waals surface area contributed by atoms with Crippen molar-refractivity contribution in [2.75, 3.05) is 18.4 Å². The van der Waals surface area contributed by atoms with Gasteiger partial charge in [-0.2, -0.15) is 13.2 Å². The molecular weight excluding hydrogens is 396 g/mol. The summed E-state index contributed by atoms with van der Waals surface area (Å²) in [6, 6.07) is 14.5. The molecule has 0 aromatic heterocycles. The number of carbonyl (C=O) groups excluding carboxylic acids is 1. The SMILES string of the molecule is O=C([O-])C1(Nc2ccccc2)CCN(Cc2ccccc2C(F)(F)F)CC1.[K+]. The molecular formula is C20H20F3KN2O2. The van der Waals surface area contributed by atoms with Crippen molar-refractivity contribution < 1.29 is 74.5 Å². The molecule has 0 unspecified atom stereocenters. The summed E-state index contributed by atoms with van der Waals surface area (Å²) in [5.74, 6) is -1.19. The number of nitrogens with one attached hydrogen (secondary N) is 1. The monoisotopic (exact) mass is 416 g/mol. The number of anilines is 1. The Balaban J connectivity index is 0.00000280. The molecule has 0 spiro atoms. The van der Waals surface area contributed by atoms with E-state index < -0.39 is 23.2 Å². The van der Waals surface area contributed by atoms with E-state index in [4.69, 9.17) is 0 Å². The van der Waals surface area contributed by atoms with Gasteiger partial charge in [-0.15, -0.1) is 0 Å². The number of carboxylic acid groups (broad SMARTS) is 1. The Morgan fingerprint density at radius 1 is 1.04 bits per heavy atom. The number of para-hydroxylation sites is 1. The normalized spacial score (nSPS) is 16.8. The molecule has 0 amide bonds. The van der Waals surface area contributed by atoms with Gasteiger partial charge in [0, 0.05) is 25.3 Å². The van der Waals surface area contributed by atoms with Crippen LogP contribution in [0.2, 0.25) is 0 Å². The Morgan fingerprint density at radius 3 is 2.18 bits per heavy atom. The number of likely N-dealkylation sites (tertiary alicyclic amines) is 1. The van der Waals surface area contributed by atoms with E-state index in [-0.39, 0.29) is 76.3 Å². The molecule has 1 aliphatic rings. The third kappa shape index (κ3) is 5.58. The topological polar surface area (TPSA) is 55.4 Å². The summed E-state index contributed by atoms with van der Waals surface area (Å²) >= 11 is 0. The second kappa shape index (κ2) is 9.73. The van der Waals surface area contributed by atoms with E-state index in [9.17, 15) is 23.1 Å². The maximum atomic E-state index is 13.2. The molecule has 3 rings (SSSR count). The van der Waals surface area contributed by atoms with Crippen molar-refractivity contribution in [1.29, 1.82) is 0 Å². The zero-order valence-electron chi connectivity index (χ0n) is 15.6. The van der Waals surface area contributed by atoms with Crippen molar-refractivity contribution in [3.05, 3.63) is 65.7 Å². The first-order chi connectivity index (χ1) is 12.8. The van der Waals surface area contributed by atoms with E-state index in [0.29, 0.717) is 18.8 Å². The van der Waals surface area contributed by atoms with Gasteiger partial charge in [0.1, 0.15) is 0 Å². The van der Waals surface area contributed by atoms with E-state index in [0.717, 1.165) is 6.07 Å². The van der Waals surface area contributed by atoms with Crippen LogP contribution in [0.5, 0.6) is 0 Å². The van der Waals surface area contributed by atoms with Gasteiger partial charge in [0.15, 0.2) is 0 Å². The average molecular weight is 416 g/mol. The number of hydrogen-bond acceptors (Lipinski definition) is 4. The Bertz CT molecular complexity index is 792. The molecule has 1 aliphatic heterocycles. The molecule has 28 heavy (non-hydrogen) atoms. The van der Waals surface area contributed by atoms with Gasteiger partial charge in [-0.05, 0) is 36.6 Å². The Hall–Kier alpha value is -0.904. The summed E-state index contributed by atoms with van der Waals surface area (Å²) in [5, 5.41) is 14.8. The molecule has 0 aliphatic carbocycles. The molecule has 8 heteroatoms. The van der Waals surface area contributed by atoms with Gasteiger partial charge in [-0.3, -0.25) is 4.90 Å². The molecule has 2 aromatic carbocycles. The summed E-state index contributed by atoms with van der Waals surface area (Å²) in [5.41, 5.74) is -0.995. The molecule has 144 valence electrons. The van der Waals surface area contributed by atoms with Crippen LogP contribution in [0, 0.1) is 0 Å². The van der Waals surface area contributed by atoms with E-state index in [1.165, 1.54) is 12.1 Å². The van der Waals surface area contributed by atoms with Gasteiger partial charge in [0.25, 0.3) is 0 Å². The van der Waals surface area contributed by atoms with Crippen LogP contribution in [-0.4, -0.2) is 29.5 Å². The van der Waals surface area contributed by atoms with Gasteiger partial charge < -0.3 is 15.2 Å². The first-order valence-electron chi connectivity index (χ1n) is 8.72. The van der Waals surface area contributed by atoms with Crippen LogP contribution >= 0.6 is 0 Å². The summed E-state index contributed by atoms with van der Waals surface area (Å²) in [6.07, 6.45) is -3.91. The fraction of sp³-hybridized carbons (Fsp3) is 0.350. The summed E-state index contributed by atoms with van der Waals surface area (Å²) in [6.45, 7) is 0.851. The van der Waals surface area contributed by atoms with Crippen LogP contribution in [0.3, 0.4) is 0 Å².